The van der Waals surface area contributed by atoms with E-state index in [9.17, 15) is 9.90 Å². The Morgan fingerprint density at radius 3 is 2.24 bits per heavy atom. The average Bonchev–Trinajstić information content (AvgIpc) is 2.40. The average molecular weight is 301 g/mol. The van der Waals surface area contributed by atoms with Gasteiger partial charge in [0.2, 0.25) is 5.91 Å². The quantitative estimate of drug-likeness (QED) is 0.835. The molecule has 0 spiro atoms. The minimum absolute atomic E-state index is 0.0296. The first kappa shape index (κ1) is 15.4. The molecule has 0 heterocycles. The maximum absolute atomic E-state index is 12.2. The Hall–Kier alpha value is -1.94. The molecule has 0 radical (unpaired) electrons. The highest BCUT2D eigenvalue weighted by molar-refractivity contribution is 8.00. The van der Waals surface area contributed by atoms with Crippen molar-refractivity contribution in [1.82, 2.24) is 0 Å². The molecular weight excluding hydrogens is 282 g/mol. The van der Waals surface area contributed by atoms with Crippen LogP contribution in [-0.4, -0.2) is 16.3 Å². The first-order valence-corrected chi connectivity index (χ1v) is 7.67. The van der Waals surface area contributed by atoms with Crippen LogP contribution in [-0.2, 0) is 4.79 Å². The maximum Gasteiger partial charge on any atom is 0.237 e. The summed E-state index contributed by atoms with van der Waals surface area (Å²) >= 11 is 1.46. The Balaban J connectivity index is 2.00. The van der Waals surface area contributed by atoms with Crippen molar-refractivity contribution in [2.75, 3.05) is 5.32 Å². The maximum atomic E-state index is 12.2. The van der Waals surface area contributed by atoms with Crippen LogP contribution in [0.3, 0.4) is 0 Å². The molecule has 0 saturated carbocycles. The van der Waals surface area contributed by atoms with Gasteiger partial charge in [0.15, 0.2) is 0 Å². The molecule has 0 aliphatic rings. The van der Waals surface area contributed by atoms with Gasteiger partial charge in [-0.25, -0.2) is 0 Å². The number of carbonyl (C=O) groups is 1. The van der Waals surface area contributed by atoms with Gasteiger partial charge in [0.05, 0.1) is 5.25 Å². The lowest BCUT2D eigenvalue weighted by atomic mass is 10.1. The molecule has 1 atom stereocenters. The summed E-state index contributed by atoms with van der Waals surface area (Å²) in [6.45, 7) is 5.89. The third-order valence-electron chi connectivity index (χ3n) is 3.01. The van der Waals surface area contributed by atoms with Gasteiger partial charge in [-0.3, -0.25) is 4.79 Å². The number of nitrogens with one attached hydrogen (secondary N) is 1. The zero-order valence-corrected chi connectivity index (χ0v) is 13.2. The van der Waals surface area contributed by atoms with E-state index < -0.39 is 0 Å². The number of phenols is 1. The molecule has 3 nitrogen and oxygen atoms in total. The topological polar surface area (TPSA) is 49.3 Å². The molecule has 0 fully saturated rings. The lowest BCUT2D eigenvalue weighted by molar-refractivity contribution is -0.115. The smallest absolute Gasteiger partial charge is 0.237 e. The molecule has 2 N–H and O–H groups in total. The van der Waals surface area contributed by atoms with Crippen LogP contribution in [0.5, 0.6) is 5.75 Å². The largest absolute Gasteiger partial charge is 0.508 e. The molecule has 0 aromatic heterocycles. The second-order valence-electron chi connectivity index (χ2n) is 5.12. The number of thioether (sulfide) groups is 1. The number of hydrogen-bond acceptors (Lipinski definition) is 3. The molecular formula is C17H19NO2S. The van der Waals surface area contributed by atoms with Gasteiger partial charge in [0.25, 0.3) is 0 Å². The summed E-state index contributed by atoms with van der Waals surface area (Å²) < 4.78 is 0. The van der Waals surface area contributed by atoms with E-state index in [1.807, 2.05) is 32.9 Å². The van der Waals surface area contributed by atoms with E-state index in [0.29, 0.717) is 0 Å². The molecule has 0 aliphatic heterocycles. The number of hydrogen-bond donors (Lipinski definition) is 2. The second-order valence-corrected chi connectivity index (χ2v) is 6.53. The van der Waals surface area contributed by atoms with Crippen molar-refractivity contribution >= 4 is 23.4 Å². The van der Waals surface area contributed by atoms with Crippen LogP contribution in [0.1, 0.15) is 18.1 Å². The lowest BCUT2D eigenvalue weighted by Gasteiger charge is -2.13. The molecule has 2 aromatic carbocycles. The molecule has 21 heavy (non-hydrogen) atoms. The molecule has 1 amide bonds. The van der Waals surface area contributed by atoms with Crippen LogP contribution < -0.4 is 5.32 Å². The van der Waals surface area contributed by atoms with E-state index >= 15 is 0 Å². The number of rotatable bonds is 4. The van der Waals surface area contributed by atoms with Gasteiger partial charge in [-0.15, -0.1) is 11.8 Å². The molecule has 0 saturated heterocycles. The van der Waals surface area contributed by atoms with Gasteiger partial charge in [-0.1, -0.05) is 6.07 Å². The molecule has 0 aliphatic carbocycles. The molecule has 2 rings (SSSR count). The number of phenolic OH excluding ortho intramolecular Hbond substituents is 1. The van der Waals surface area contributed by atoms with Crippen molar-refractivity contribution in [3.63, 3.8) is 0 Å². The Morgan fingerprint density at radius 1 is 1.10 bits per heavy atom. The van der Waals surface area contributed by atoms with Crippen molar-refractivity contribution in [2.24, 2.45) is 0 Å². The molecule has 110 valence electrons. The summed E-state index contributed by atoms with van der Waals surface area (Å²) in [7, 11) is 0. The Labute approximate surface area is 129 Å². The Bertz CT molecular complexity index is 617. The highest BCUT2D eigenvalue weighted by Gasteiger charge is 2.14. The van der Waals surface area contributed by atoms with Crippen LogP contribution in [0.2, 0.25) is 0 Å². The lowest BCUT2D eigenvalue weighted by Crippen LogP contribution is -2.22. The van der Waals surface area contributed by atoms with Gasteiger partial charge in [-0.05, 0) is 68.3 Å². The SMILES string of the molecule is Cc1cc(C)cc(NC(=O)[C@H](C)Sc2ccc(O)cc2)c1. The van der Waals surface area contributed by atoms with Crippen LogP contribution in [0, 0.1) is 13.8 Å². The minimum atomic E-state index is -0.213. The van der Waals surface area contributed by atoms with Crippen molar-refractivity contribution in [2.45, 2.75) is 30.9 Å². The number of aryl methyl sites for hydroxylation is 2. The van der Waals surface area contributed by atoms with Crippen molar-refractivity contribution < 1.29 is 9.90 Å². The van der Waals surface area contributed by atoms with Crippen molar-refractivity contribution in [3.05, 3.63) is 53.6 Å². The predicted molar refractivity (Wildman–Crippen MR) is 88.0 cm³/mol. The third kappa shape index (κ3) is 4.53. The summed E-state index contributed by atoms with van der Waals surface area (Å²) in [5, 5.41) is 12.0. The summed E-state index contributed by atoms with van der Waals surface area (Å²) in [5.74, 6) is 0.199. The van der Waals surface area contributed by atoms with Gasteiger partial charge in [-0.2, -0.15) is 0 Å². The fraction of sp³-hybridized carbons (Fsp3) is 0.235. The Kier molecular flexibility index (Phi) is 4.91. The fourth-order valence-corrected chi connectivity index (χ4v) is 2.94. The molecule has 0 unspecified atom stereocenters. The summed E-state index contributed by atoms with van der Waals surface area (Å²) in [5.41, 5.74) is 3.09. The monoisotopic (exact) mass is 301 g/mol. The summed E-state index contributed by atoms with van der Waals surface area (Å²) in [6, 6.07) is 12.9. The first-order chi connectivity index (χ1) is 9.94. The number of benzene rings is 2. The number of aromatic hydroxyl groups is 1. The number of amides is 1. The van der Waals surface area contributed by atoms with E-state index in [1.54, 1.807) is 24.3 Å². The normalized spacial score (nSPS) is 12.0. The minimum Gasteiger partial charge on any atom is -0.508 e. The summed E-state index contributed by atoms with van der Waals surface area (Å²) in [6.07, 6.45) is 0. The molecule has 4 heteroatoms. The zero-order chi connectivity index (χ0) is 15.4. The van der Waals surface area contributed by atoms with Gasteiger partial charge >= 0.3 is 0 Å². The highest BCUT2D eigenvalue weighted by atomic mass is 32.2. The highest BCUT2D eigenvalue weighted by Crippen LogP contribution is 2.26. The van der Waals surface area contributed by atoms with Crippen LogP contribution in [0.25, 0.3) is 0 Å². The van der Waals surface area contributed by atoms with Crippen LogP contribution in [0.15, 0.2) is 47.4 Å². The van der Waals surface area contributed by atoms with E-state index in [1.165, 1.54) is 11.8 Å². The predicted octanol–water partition coefficient (Wildman–Crippen LogP) is 4.13. The second kappa shape index (κ2) is 6.68. The van der Waals surface area contributed by atoms with E-state index in [2.05, 4.69) is 11.4 Å². The van der Waals surface area contributed by atoms with Gasteiger partial charge in [0.1, 0.15) is 5.75 Å². The van der Waals surface area contributed by atoms with Crippen LogP contribution in [0.4, 0.5) is 5.69 Å². The van der Waals surface area contributed by atoms with E-state index in [0.717, 1.165) is 21.7 Å². The Morgan fingerprint density at radius 2 is 1.67 bits per heavy atom. The first-order valence-electron chi connectivity index (χ1n) is 6.79. The van der Waals surface area contributed by atoms with Gasteiger partial charge in [0, 0.05) is 10.6 Å². The number of carbonyl (C=O) groups excluding carboxylic acids is 1. The van der Waals surface area contributed by atoms with Crippen molar-refractivity contribution in [1.29, 1.82) is 0 Å². The van der Waals surface area contributed by atoms with Gasteiger partial charge < -0.3 is 10.4 Å². The summed E-state index contributed by atoms with van der Waals surface area (Å²) in [4.78, 5) is 13.2. The standard InChI is InChI=1S/C17H19NO2S/c1-11-8-12(2)10-14(9-11)18-17(20)13(3)21-16-6-4-15(19)5-7-16/h4-10,13,19H,1-3H3,(H,18,20)/t13-/m0/s1. The number of anilines is 1. The van der Waals surface area contributed by atoms with Crippen molar-refractivity contribution in [3.8, 4) is 5.75 Å². The molecule has 2 aromatic rings. The van der Waals surface area contributed by atoms with E-state index in [4.69, 9.17) is 0 Å². The molecule has 0 bridgehead atoms. The van der Waals surface area contributed by atoms with E-state index in [-0.39, 0.29) is 16.9 Å². The zero-order valence-electron chi connectivity index (χ0n) is 12.4. The third-order valence-corrected chi connectivity index (χ3v) is 4.12. The van der Waals surface area contributed by atoms with Crippen LogP contribution >= 0.6 is 11.8 Å². The fourth-order valence-electron chi connectivity index (χ4n) is 2.07.